The predicted octanol–water partition coefficient (Wildman–Crippen LogP) is 2.61. The zero-order valence-corrected chi connectivity index (χ0v) is 14.5. The van der Waals surface area contributed by atoms with Crippen molar-refractivity contribution in [1.82, 2.24) is 4.72 Å². The summed E-state index contributed by atoms with van der Waals surface area (Å²) in [5.41, 5.74) is 1.04. The van der Waals surface area contributed by atoms with Crippen molar-refractivity contribution < 1.29 is 17.9 Å². The second-order valence-corrected chi connectivity index (χ2v) is 7.91. The van der Waals surface area contributed by atoms with E-state index in [1.165, 1.54) is 0 Å². The summed E-state index contributed by atoms with van der Waals surface area (Å²) >= 11 is 0. The van der Waals surface area contributed by atoms with Gasteiger partial charge in [-0.15, -0.1) is 0 Å². The highest BCUT2D eigenvalue weighted by Gasteiger charge is 2.17. The maximum atomic E-state index is 12.1. The zero-order valence-electron chi connectivity index (χ0n) is 13.7. The summed E-state index contributed by atoms with van der Waals surface area (Å²) in [6, 6.07) is 6.78. The van der Waals surface area contributed by atoms with Gasteiger partial charge in [-0.2, -0.15) is 0 Å². The topological polar surface area (TPSA) is 72.5 Å². The van der Waals surface area contributed by atoms with Gasteiger partial charge in [0.25, 0.3) is 0 Å². The Morgan fingerprint density at radius 2 is 1.77 bits per heavy atom. The first-order chi connectivity index (χ1) is 10.2. The molecule has 0 aliphatic rings. The molecule has 22 heavy (non-hydrogen) atoms. The van der Waals surface area contributed by atoms with E-state index in [4.69, 9.17) is 4.74 Å². The fraction of sp³-hybridized carbons (Fsp3) is 0.562. The highest BCUT2D eigenvalue weighted by Crippen LogP contribution is 2.23. The van der Waals surface area contributed by atoms with Crippen LogP contribution in [0.2, 0.25) is 0 Å². The fourth-order valence-electron chi connectivity index (χ4n) is 1.79. The fourth-order valence-corrected chi connectivity index (χ4v) is 2.82. The van der Waals surface area contributed by atoms with Crippen molar-refractivity contribution in [2.75, 3.05) is 13.2 Å². The molecule has 124 valence electrons. The number of sulfonamides is 1. The van der Waals surface area contributed by atoms with Crippen LogP contribution in [0.4, 0.5) is 0 Å². The summed E-state index contributed by atoms with van der Waals surface area (Å²) in [5, 5.41) is 0. The average Bonchev–Trinajstić information content (AvgIpc) is 2.44. The first-order valence-electron chi connectivity index (χ1n) is 7.42. The van der Waals surface area contributed by atoms with Crippen LogP contribution in [-0.2, 0) is 25.0 Å². The number of hydrogen-bond donors (Lipinski definition) is 1. The summed E-state index contributed by atoms with van der Waals surface area (Å²) in [5.74, 6) is -0.396. The van der Waals surface area contributed by atoms with Gasteiger partial charge in [-0.25, -0.2) is 13.1 Å². The van der Waals surface area contributed by atoms with Gasteiger partial charge in [0.2, 0.25) is 10.0 Å². The maximum absolute atomic E-state index is 12.1. The quantitative estimate of drug-likeness (QED) is 0.781. The van der Waals surface area contributed by atoms with Crippen LogP contribution in [0.5, 0.6) is 0 Å². The third kappa shape index (κ3) is 5.77. The van der Waals surface area contributed by atoms with E-state index in [-0.39, 0.29) is 23.3 Å². The van der Waals surface area contributed by atoms with Gasteiger partial charge in [0.1, 0.15) is 0 Å². The van der Waals surface area contributed by atoms with Crippen LogP contribution in [0, 0.1) is 0 Å². The monoisotopic (exact) mass is 327 g/mol. The number of hydrogen-bond acceptors (Lipinski definition) is 4. The van der Waals surface area contributed by atoms with Crippen LogP contribution >= 0.6 is 0 Å². The summed E-state index contributed by atoms with van der Waals surface area (Å²) < 4.78 is 31.6. The molecule has 0 aromatic heterocycles. The third-order valence-corrected chi connectivity index (χ3v) is 4.60. The van der Waals surface area contributed by atoms with Gasteiger partial charge < -0.3 is 4.74 Å². The molecule has 0 bridgehead atoms. The summed E-state index contributed by atoms with van der Waals surface area (Å²) in [6.45, 7) is 8.49. The van der Waals surface area contributed by atoms with Crippen LogP contribution in [-0.4, -0.2) is 27.5 Å². The molecule has 0 saturated carbocycles. The molecule has 0 spiro atoms. The van der Waals surface area contributed by atoms with E-state index < -0.39 is 16.0 Å². The molecular weight excluding hydrogens is 302 g/mol. The Bertz CT molecular complexity index is 586. The largest absolute Gasteiger partial charge is 0.466 e. The SMILES string of the molecule is CCCOC(=O)CCNS(=O)(=O)c1ccc(C(C)(C)C)cc1. The van der Waals surface area contributed by atoms with Crippen molar-refractivity contribution in [2.45, 2.75) is 50.8 Å². The predicted molar refractivity (Wildman–Crippen MR) is 86.2 cm³/mol. The van der Waals surface area contributed by atoms with Gasteiger partial charge in [-0.3, -0.25) is 4.79 Å². The molecule has 0 atom stereocenters. The average molecular weight is 327 g/mol. The number of benzene rings is 1. The molecular formula is C16H25NO4S. The molecule has 0 amide bonds. The molecule has 0 heterocycles. The Kier molecular flexibility index (Phi) is 6.56. The van der Waals surface area contributed by atoms with Gasteiger partial charge in [-0.1, -0.05) is 39.8 Å². The van der Waals surface area contributed by atoms with Crippen molar-refractivity contribution in [2.24, 2.45) is 0 Å². The molecule has 0 saturated heterocycles. The van der Waals surface area contributed by atoms with Crippen LogP contribution in [0.15, 0.2) is 29.2 Å². The highest BCUT2D eigenvalue weighted by atomic mass is 32.2. The van der Waals surface area contributed by atoms with Crippen LogP contribution < -0.4 is 4.72 Å². The second kappa shape index (κ2) is 7.74. The second-order valence-electron chi connectivity index (χ2n) is 6.14. The molecule has 1 N–H and O–H groups in total. The van der Waals surface area contributed by atoms with E-state index >= 15 is 0 Å². The maximum Gasteiger partial charge on any atom is 0.307 e. The highest BCUT2D eigenvalue weighted by molar-refractivity contribution is 7.89. The number of nitrogens with one attached hydrogen (secondary N) is 1. The van der Waals surface area contributed by atoms with Crippen molar-refractivity contribution in [1.29, 1.82) is 0 Å². The number of carbonyl (C=O) groups excluding carboxylic acids is 1. The zero-order chi connectivity index (χ0) is 16.8. The first-order valence-corrected chi connectivity index (χ1v) is 8.91. The number of esters is 1. The van der Waals surface area contributed by atoms with Crippen LogP contribution in [0.3, 0.4) is 0 Å². The normalized spacial score (nSPS) is 12.2. The van der Waals surface area contributed by atoms with Gasteiger partial charge in [0.05, 0.1) is 17.9 Å². The van der Waals surface area contributed by atoms with E-state index in [1.807, 2.05) is 19.1 Å². The van der Waals surface area contributed by atoms with E-state index in [2.05, 4.69) is 25.5 Å². The van der Waals surface area contributed by atoms with Crippen LogP contribution in [0.1, 0.15) is 46.1 Å². The van der Waals surface area contributed by atoms with Gasteiger partial charge >= 0.3 is 5.97 Å². The van der Waals surface area contributed by atoms with E-state index in [9.17, 15) is 13.2 Å². The molecule has 5 nitrogen and oxygen atoms in total. The minimum Gasteiger partial charge on any atom is -0.466 e. The summed E-state index contributed by atoms with van der Waals surface area (Å²) in [6.07, 6.45) is 0.775. The Morgan fingerprint density at radius 1 is 1.18 bits per heavy atom. The molecule has 0 aliphatic heterocycles. The van der Waals surface area contributed by atoms with Gasteiger partial charge in [0.15, 0.2) is 0 Å². The van der Waals surface area contributed by atoms with E-state index in [0.717, 1.165) is 12.0 Å². The standard InChI is InChI=1S/C16H25NO4S/c1-5-12-21-15(18)10-11-17-22(19,20)14-8-6-13(7-9-14)16(2,3)4/h6-9,17H,5,10-12H2,1-4H3. The lowest BCUT2D eigenvalue weighted by Gasteiger charge is -2.19. The smallest absolute Gasteiger partial charge is 0.307 e. The minimum absolute atomic E-state index is 0.0271. The third-order valence-electron chi connectivity index (χ3n) is 3.12. The van der Waals surface area contributed by atoms with Crippen molar-refractivity contribution >= 4 is 16.0 Å². The molecule has 1 aromatic rings. The van der Waals surface area contributed by atoms with E-state index in [1.54, 1.807) is 12.1 Å². The Balaban J connectivity index is 2.61. The lowest BCUT2D eigenvalue weighted by molar-refractivity contribution is -0.143. The lowest BCUT2D eigenvalue weighted by atomic mass is 9.87. The number of carbonyl (C=O) groups is 1. The lowest BCUT2D eigenvalue weighted by Crippen LogP contribution is -2.27. The van der Waals surface area contributed by atoms with E-state index in [0.29, 0.717) is 6.61 Å². The van der Waals surface area contributed by atoms with Crippen molar-refractivity contribution in [3.8, 4) is 0 Å². The van der Waals surface area contributed by atoms with Gasteiger partial charge in [0, 0.05) is 6.54 Å². The number of rotatable bonds is 7. The molecule has 1 aromatic carbocycles. The summed E-state index contributed by atoms with van der Waals surface area (Å²) in [4.78, 5) is 11.5. The Hall–Kier alpha value is -1.40. The van der Waals surface area contributed by atoms with Crippen molar-refractivity contribution in [3.63, 3.8) is 0 Å². The van der Waals surface area contributed by atoms with Crippen LogP contribution in [0.25, 0.3) is 0 Å². The Morgan fingerprint density at radius 3 is 2.27 bits per heavy atom. The molecule has 0 unspecified atom stereocenters. The molecule has 6 heteroatoms. The number of ether oxygens (including phenoxy) is 1. The molecule has 1 rings (SSSR count). The van der Waals surface area contributed by atoms with Gasteiger partial charge in [-0.05, 0) is 29.5 Å². The van der Waals surface area contributed by atoms with Crippen molar-refractivity contribution in [3.05, 3.63) is 29.8 Å². The minimum atomic E-state index is -3.60. The molecule has 0 fully saturated rings. The summed E-state index contributed by atoms with van der Waals surface area (Å²) in [7, 11) is -3.60. The molecule has 0 aliphatic carbocycles. The Labute approximate surface area is 133 Å². The first kappa shape index (κ1) is 18.6. The molecule has 0 radical (unpaired) electrons.